The van der Waals surface area contributed by atoms with Crippen LogP contribution in [0.15, 0.2) is 11.6 Å². The van der Waals surface area contributed by atoms with E-state index in [-0.39, 0.29) is 34.4 Å². The highest BCUT2D eigenvalue weighted by molar-refractivity contribution is 5.78. The van der Waals surface area contributed by atoms with Crippen LogP contribution in [0.5, 0.6) is 0 Å². The molecule has 2 atom stereocenters. The van der Waals surface area contributed by atoms with Crippen molar-refractivity contribution in [3.63, 3.8) is 0 Å². The third kappa shape index (κ3) is 3.35. The first-order valence-electron chi connectivity index (χ1n) is 8.47. The number of carbonyl (C=O) groups excluding carboxylic acids is 1. The monoisotopic (exact) mass is 365 g/mol. The number of nitrogens with zero attached hydrogens (tertiary/aromatic N) is 1. The Kier molecular flexibility index (Phi) is 5.50. The maximum atomic E-state index is 14.2. The van der Waals surface area contributed by atoms with Gasteiger partial charge in [-0.3, -0.25) is 4.79 Å². The van der Waals surface area contributed by atoms with Crippen molar-refractivity contribution >= 4 is 5.97 Å². The molecule has 0 radical (unpaired) electrons. The number of carbonyl (C=O) groups is 1. The van der Waals surface area contributed by atoms with Crippen molar-refractivity contribution in [1.82, 2.24) is 0 Å². The van der Waals surface area contributed by atoms with Crippen molar-refractivity contribution in [2.45, 2.75) is 47.6 Å². The minimum absolute atomic E-state index is 0.0148. The smallest absolute Gasteiger partial charge is 0.310 e. The molecule has 0 N–H and O–H groups in total. The van der Waals surface area contributed by atoms with Crippen molar-refractivity contribution in [2.24, 2.45) is 17.3 Å². The van der Waals surface area contributed by atoms with E-state index in [4.69, 9.17) is 10.00 Å². The second kappa shape index (κ2) is 7.14. The molecule has 1 aliphatic carbocycles. The van der Waals surface area contributed by atoms with E-state index in [9.17, 15) is 18.0 Å². The highest BCUT2D eigenvalue weighted by Gasteiger charge is 2.61. The van der Waals surface area contributed by atoms with Crippen LogP contribution in [0.4, 0.5) is 13.2 Å². The van der Waals surface area contributed by atoms with Gasteiger partial charge in [0.1, 0.15) is 12.4 Å². The summed E-state index contributed by atoms with van der Waals surface area (Å²) in [6.45, 7) is 7.65. The predicted octanol–water partition coefficient (Wildman–Crippen LogP) is 4.76. The fraction of sp³-hybridized carbons (Fsp3) is 0.500. The van der Waals surface area contributed by atoms with Gasteiger partial charge in [0.2, 0.25) is 0 Å². The Labute approximate surface area is 151 Å². The van der Waals surface area contributed by atoms with Gasteiger partial charge in [-0.2, -0.15) is 5.26 Å². The number of nitriles is 1. The Morgan fingerprint density at radius 3 is 2.38 bits per heavy atom. The highest BCUT2D eigenvalue weighted by Crippen LogP contribution is 2.59. The molecule has 0 aliphatic heterocycles. The molecule has 0 unspecified atom stereocenters. The molecular formula is C20H22F3NO2. The van der Waals surface area contributed by atoms with Gasteiger partial charge >= 0.3 is 5.97 Å². The van der Waals surface area contributed by atoms with Gasteiger partial charge in [-0.1, -0.05) is 26.8 Å². The van der Waals surface area contributed by atoms with Crippen LogP contribution in [-0.4, -0.2) is 5.97 Å². The van der Waals surface area contributed by atoms with Crippen LogP contribution in [0, 0.1) is 53.0 Å². The molecule has 1 aliphatic rings. The van der Waals surface area contributed by atoms with E-state index in [1.54, 1.807) is 19.9 Å². The Balaban J connectivity index is 2.20. The molecule has 0 saturated heterocycles. The Morgan fingerprint density at radius 1 is 1.23 bits per heavy atom. The van der Waals surface area contributed by atoms with Crippen molar-refractivity contribution in [2.75, 3.05) is 0 Å². The average Bonchev–Trinajstić information content (AvgIpc) is 3.14. The maximum Gasteiger partial charge on any atom is 0.310 e. The van der Waals surface area contributed by atoms with Gasteiger partial charge in [0.05, 0.1) is 12.0 Å². The molecule has 0 spiro atoms. The molecular weight excluding hydrogens is 343 g/mol. The van der Waals surface area contributed by atoms with Crippen LogP contribution in [0.3, 0.4) is 0 Å². The molecule has 1 aromatic carbocycles. The van der Waals surface area contributed by atoms with Crippen LogP contribution < -0.4 is 0 Å². The normalized spacial score (nSPS) is 21.3. The predicted molar refractivity (Wildman–Crippen MR) is 90.4 cm³/mol. The Bertz CT molecular complexity index is 822. The van der Waals surface area contributed by atoms with Crippen molar-refractivity contribution in [3.8, 4) is 6.07 Å². The molecule has 0 amide bonds. The quantitative estimate of drug-likeness (QED) is 0.429. The number of rotatable bonds is 5. The summed E-state index contributed by atoms with van der Waals surface area (Å²) in [6, 6.07) is 2.01. The average molecular weight is 365 g/mol. The molecule has 140 valence electrons. The molecule has 0 bridgehead atoms. The molecule has 0 heterocycles. The van der Waals surface area contributed by atoms with Crippen LogP contribution in [0.25, 0.3) is 0 Å². The number of esters is 1. The molecule has 2 rings (SSSR count). The fourth-order valence-electron chi connectivity index (χ4n) is 3.38. The topological polar surface area (TPSA) is 50.1 Å². The number of benzene rings is 1. The summed E-state index contributed by atoms with van der Waals surface area (Å²) in [4.78, 5) is 12.4. The molecule has 1 fully saturated rings. The molecule has 1 saturated carbocycles. The summed E-state index contributed by atoms with van der Waals surface area (Å²) < 4.78 is 47.4. The summed E-state index contributed by atoms with van der Waals surface area (Å²) in [7, 11) is 0. The van der Waals surface area contributed by atoms with Gasteiger partial charge in [-0.15, -0.1) is 0 Å². The summed E-state index contributed by atoms with van der Waals surface area (Å²) in [5.74, 6) is -4.45. The first-order chi connectivity index (χ1) is 12.1. The SMILES string of the molecule is CCc1c(F)c(C)c(F)c(F)c1COC(=O)[C@@H]1[C@@H](C=C(C)C#N)C1(C)C. The molecule has 1 aromatic rings. The van der Waals surface area contributed by atoms with Crippen LogP contribution in [0.1, 0.15) is 44.4 Å². The number of ether oxygens (including phenoxy) is 1. The second-order valence-corrected chi connectivity index (χ2v) is 7.27. The van der Waals surface area contributed by atoms with Crippen LogP contribution >= 0.6 is 0 Å². The van der Waals surface area contributed by atoms with E-state index in [0.717, 1.165) is 0 Å². The molecule has 0 aromatic heterocycles. The zero-order chi connectivity index (χ0) is 19.8. The molecule has 6 heteroatoms. The number of halogens is 3. The largest absolute Gasteiger partial charge is 0.460 e. The fourth-order valence-corrected chi connectivity index (χ4v) is 3.38. The molecule has 26 heavy (non-hydrogen) atoms. The second-order valence-electron chi connectivity index (χ2n) is 7.27. The van der Waals surface area contributed by atoms with E-state index >= 15 is 0 Å². The van der Waals surface area contributed by atoms with E-state index in [1.165, 1.54) is 6.92 Å². The number of hydrogen-bond donors (Lipinski definition) is 0. The van der Waals surface area contributed by atoms with E-state index < -0.39 is 35.9 Å². The zero-order valence-electron chi connectivity index (χ0n) is 15.5. The molecule has 3 nitrogen and oxygen atoms in total. The van der Waals surface area contributed by atoms with Gasteiger partial charge in [-0.25, -0.2) is 13.2 Å². The van der Waals surface area contributed by atoms with E-state index in [2.05, 4.69) is 0 Å². The lowest BCUT2D eigenvalue weighted by atomic mass is 10.0. The maximum absolute atomic E-state index is 14.2. The lowest BCUT2D eigenvalue weighted by Crippen LogP contribution is -2.14. The van der Waals surface area contributed by atoms with Gasteiger partial charge in [0, 0.05) is 16.7 Å². The lowest BCUT2D eigenvalue weighted by Gasteiger charge is -2.14. The third-order valence-electron chi connectivity index (χ3n) is 5.23. The minimum Gasteiger partial charge on any atom is -0.460 e. The van der Waals surface area contributed by atoms with E-state index in [1.807, 2.05) is 19.9 Å². The van der Waals surface area contributed by atoms with Crippen molar-refractivity contribution in [3.05, 3.63) is 45.8 Å². The summed E-state index contributed by atoms with van der Waals surface area (Å²) >= 11 is 0. The summed E-state index contributed by atoms with van der Waals surface area (Å²) in [6.07, 6.45) is 1.87. The number of hydrogen-bond acceptors (Lipinski definition) is 3. The van der Waals surface area contributed by atoms with Crippen molar-refractivity contribution in [1.29, 1.82) is 5.26 Å². The Hall–Kier alpha value is -2.29. The van der Waals surface area contributed by atoms with Crippen LogP contribution in [-0.2, 0) is 22.6 Å². The van der Waals surface area contributed by atoms with Gasteiger partial charge < -0.3 is 4.74 Å². The third-order valence-corrected chi connectivity index (χ3v) is 5.23. The standard InChI is InChI=1S/C20H22F3NO2/c1-6-12-13(18(23)17(22)11(3)16(12)21)9-26-19(25)15-14(20(15,4)5)7-10(2)8-24/h7,14-15H,6,9H2,1-5H3/t14-,15+/m1/s1. The summed E-state index contributed by atoms with van der Waals surface area (Å²) in [5, 5.41) is 8.87. The van der Waals surface area contributed by atoms with Gasteiger partial charge in [0.15, 0.2) is 11.6 Å². The van der Waals surface area contributed by atoms with Crippen LogP contribution in [0.2, 0.25) is 0 Å². The zero-order valence-corrected chi connectivity index (χ0v) is 15.5. The lowest BCUT2D eigenvalue weighted by molar-refractivity contribution is -0.147. The van der Waals surface area contributed by atoms with E-state index in [0.29, 0.717) is 5.57 Å². The first kappa shape index (κ1) is 20.0. The Morgan fingerprint density at radius 2 is 1.85 bits per heavy atom. The van der Waals surface area contributed by atoms with Crippen molar-refractivity contribution < 1.29 is 22.7 Å². The number of allylic oxidation sites excluding steroid dienone is 2. The van der Waals surface area contributed by atoms with Gasteiger partial charge in [-0.05, 0) is 37.2 Å². The minimum atomic E-state index is -1.26. The summed E-state index contributed by atoms with van der Waals surface area (Å²) in [5.41, 5.74) is -0.512. The highest BCUT2D eigenvalue weighted by atomic mass is 19.2. The van der Waals surface area contributed by atoms with Gasteiger partial charge in [0.25, 0.3) is 0 Å². The first-order valence-corrected chi connectivity index (χ1v) is 8.47.